The molecule has 1 N–H and O–H groups in total. The first-order valence-corrected chi connectivity index (χ1v) is 7.15. The fourth-order valence-corrected chi connectivity index (χ4v) is 3.06. The molecule has 0 spiro atoms. The smallest absolute Gasteiger partial charge is 0.128 e. The molecule has 3 aromatic rings. The number of benzene rings is 2. The number of rotatable bonds is 3. The van der Waals surface area contributed by atoms with Crippen LogP contribution in [0.25, 0.3) is 10.9 Å². The second kappa shape index (κ2) is 5.51. The second-order valence-electron chi connectivity index (χ2n) is 5.08. The van der Waals surface area contributed by atoms with E-state index in [1.807, 2.05) is 28.8 Å². The van der Waals surface area contributed by atoms with Crippen molar-refractivity contribution in [3.63, 3.8) is 0 Å². The van der Waals surface area contributed by atoms with E-state index in [9.17, 15) is 9.50 Å². The first-order valence-electron chi connectivity index (χ1n) is 6.77. The summed E-state index contributed by atoms with van der Waals surface area (Å²) in [7, 11) is 0. The van der Waals surface area contributed by atoms with Crippen LogP contribution in [0.1, 0.15) is 24.2 Å². The zero-order valence-electron chi connectivity index (χ0n) is 11.6. The van der Waals surface area contributed by atoms with E-state index in [2.05, 4.69) is 0 Å². The zero-order chi connectivity index (χ0) is 15.0. The highest BCUT2D eigenvalue weighted by Crippen LogP contribution is 2.35. The fraction of sp³-hybridized carbons (Fsp3) is 0.176. The fourth-order valence-electron chi connectivity index (χ4n) is 2.65. The standard InChI is InChI=1S/C17H15ClFNO/c1-11(21)16-13-7-3-5-9-15(13)20(17(16)18)10-12-6-2-4-8-14(12)19/h2-9,11,21H,10H2,1H3. The van der Waals surface area contributed by atoms with Crippen LogP contribution in [0, 0.1) is 5.82 Å². The first kappa shape index (κ1) is 14.1. The molecule has 2 nitrogen and oxygen atoms in total. The van der Waals surface area contributed by atoms with Crippen molar-refractivity contribution < 1.29 is 9.50 Å². The molecule has 0 saturated heterocycles. The Bertz CT molecular complexity index is 795. The van der Waals surface area contributed by atoms with Gasteiger partial charge in [-0.2, -0.15) is 0 Å². The third-order valence-electron chi connectivity index (χ3n) is 3.65. The van der Waals surface area contributed by atoms with Crippen molar-refractivity contribution in [2.45, 2.75) is 19.6 Å². The molecule has 0 aliphatic heterocycles. The van der Waals surface area contributed by atoms with Gasteiger partial charge in [-0.1, -0.05) is 48.0 Å². The van der Waals surface area contributed by atoms with E-state index in [0.717, 1.165) is 10.9 Å². The maximum Gasteiger partial charge on any atom is 0.128 e. The molecule has 1 heterocycles. The molecule has 0 amide bonds. The lowest BCUT2D eigenvalue weighted by Gasteiger charge is -2.09. The van der Waals surface area contributed by atoms with Crippen LogP contribution in [0.2, 0.25) is 5.15 Å². The third-order valence-corrected chi connectivity index (χ3v) is 4.06. The number of nitrogens with zero attached hydrogens (tertiary/aromatic N) is 1. The third kappa shape index (κ3) is 2.43. The first-order chi connectivity index (χ1) is 10.1. The van der Waals surface area contributed by atoms with Gasteiger partial charge in [0.1, 0.15) is 11.0 Å². The van der Waals surface area contributed by atoms with Gasteiger partial charge in [0.2, 0.25) is 0 Å². The Morgan fingerprint density at radius 2 is 1.81 bits per heavy atom. The molecule has 0 aliphatic carbocycles. The van der Waals surface area contributed by atoms with Crippen LogP contribution in [0.15, 0.2) is 48.5 Å². The summed E-state index contributed by atoms with van der Waals surface area (Å²) in [5, 5.41) is 11.3. The highest BCUT2D eigenvalue weighted by molar-refractivity contribution is 6.32. The number of fused-ring (bicyclic) bond motifs is 1. The average Bonchev–Trinajstić information content (AvgIpc) is 2.74. The Hall–Kier alpha value is -1.84. The van der Waals surface area contributed by atoms with E-state index in [-0.39, 0.29) is 5.82 Å². The van der Waals surface area contributed by atoms with Crippen LogP contribution in [0.4, 0.5) is 4.39 Å². The Morgan fingerprint density at radius 1 is 1.14 bits per heavy atom. The Kier molecular flexibility index (Phi) is 3.70. The van der Waals surface area contributed by atoms with Crippen LogP contribution in [0.5, 0.6) is 0 Å². The van der Waals surface area contributed by atoms with Gasteiger partial charge in [-0.25, -0.2) is 4.39 Å². The van der Waals surface area contributed by atoms with Crippen LogP contribution in [-0.2, 0) is 6.54 Å². The molecule has 0 fully saturated rings. The Balaban J connectivity index is 2.19. The summed E-state index contributed by atoms with van der Waals surface area (Å²) in [6, 6.07) is 14.3. The largest absolute Gasteiger partial charge is 0.389 e. The van der Waals surface area contributed by atoms with Gasteiger partial charge in [0.05, 0.1) is 12.6 Å². The van der Waals surface area contributed by atoms with E-state index < -0.39 is 6.10 Å². The van der Waals surface area contributed by atoms with E-state index in [4.69, 9.17) is 11.6 Å². The lowest BCUT2D eigenvalue weighted by atomic mass is 10.1. The highest BCUT2D eigenvalue weighted by atomic mass is 35.5. The summed E-state index contributed by atoms with van der Waals surface area (Å²) in [4.78, 5) is 0. The molecule has 0 radical (unpaired) electrons. The molecule has 0 aliphatic rings. The maximum absolute atomic E-state index is 13.9. The molecular formula is C17H15ClFNO. The van der Waals surface area contributed by atoms with Crippen LogP contribution >= 0.6 is 11.6 Å². The maximum atomic E-state index is 13.9. The van der Waals surface area contributed by atoms with Gasteiger partial charge in [0.25, 0.3) is 0 Å². The summed E-state index contributed by atoms with van der Waals surface area (Å²) in [5.41, 5.74) is 2.14. The minimum atomic E-state index is -0.677. The predicted molar refractivity (Wildman–Crippen MR) is 83.1 cm³/mol. The average molecular weight is 304 g/mol. The Morgan fingerprint density at radius 3 is 2.52 bits per heavy atom. The van der Waals surface area contributed by atoms with Crippen LogP contribution in [-0.4, -0.2) is 9.67 Å². The molecule has 0 bridgehead atoms. The zero-order valence-corrected chi connectivity index (χ0v) is 12.3. The van der Waals surface area contributed by atoms with Gasteiger partial charge in [0.15, 0.2) is 0 Å². The quantitative estimate of drug-likeness (QED) is 0.755. The summed E-state index contributed by atoms with van der Waals surface area (Å²) < 4.78 is 15.7. The lowest BCUT2D eigenvalue weighted by molar-refractivity contribution is 0.200. The van der Waals surface area contributed by atoms with Crippen molar-refractivity contribution in [2.24, 2.45) is 0 Å². The van der Waals surface area contributed by atoms with Crippen LogP contribution < -0.4 is 0 Å². The lowest BCUT2D eigenvalue weighted by Crippen LogP contribution is -2.02. The van der Waals surface area contributed by atoms with Crippen molar-refractivity contribution >= 4 is 22.5 Å². The molecule has 3 rings (SSSR count). The van der Waals surface area contributed by atoms with E-state index in [0.29, 0.717) is 22.8 Å². The summed E-state index contributed by atoms with van der Waals surface area (Å²) in [6.45, 7) is 2.01. The SMILES string of the molecule is CC(O)c1c(Cl)n(Cc2ccccc2F)c2ccccc12. The van der Waals surface area contributed by atoms with Gasteiger partial charge >= 0.3 is 0 Å². The molecule has 1 atom stereocenters. The van der Waals surface area contributed by atoms with Crippen molar-refractivity contribution in [3.8, 4) is 0 Å². The molecule has 1 unspecified atom stereocenters. The van der Waals surface area contributed by atoms with Gasteiger partial charge in [0, 0.05) is 22.0 Å². The van der Waals surface area contributed by atoms with E-state index in [1.54, 1.807) is 25.1 Å². The Labute approximate surface area is 127 Å². The van der Waals surface area contributed by atoms with E-state index >= 15 is 0 Å². The second-order valence-corrected chi connectivity index (χ2v) is 5.43. The normalized spacial score (nSPS) is 12.8. The van der Waals surface area contributed by atoms with Crippen molar-refractivity contribution in [3.05, 3.63) is 70.6 Å². The van der Waals surface area contributed by atoms with Gasteiger partial charge in [-0.3, -0.25) is 0 Å². The van der Waals surface area contributed by atoms with Crippen molar-refractivity contribution in [1.29, 1.82) is 0 Å². The molecular weight excluding hydrogens is 289 g/mol. The van der Waals surface area contributed by atoms with Crippen molar-refractivity contribution in [2.75, 3.05) is 0 Å². The summed E-state index contributed by atoms with van der Waals surface area (Å²) >= 11 is 6.43. The molecule has 2 aromatic carbocycles. The molecule has 21 heavy (non-hydrogen) atoms. The van der Waals surface area contributed by atoms with Crippen LogP contribution in [0.3, 0.4) is 0 Å². The van der Waals surface area contributed by atoms with Gasteiger partial charge in [-0.15, -0.1) is 0 Å². The number of halogens is 2. The molecule has 0 saturated carbocycles. The van der Waals surface area contributed by atoms with Crippen molar-refractivity contribution in [1.82, 2.24) is 4.57 Å². The topological polar surface area (TPSA) is 25.2 Å². The number of hydrogen-bond acceptors (Lipinski definition) is 1. The van der Waals surface area contributed by atoms with Gasteiger partial charge < -0.3 is 9.67 Å². The molecule has 4 heteroatoms. The number of para-hydroxylation sites is 1. The minimum Gasteiger partial charge on any atom is -0.389 e. The molecule has 1 aromatic heterocycles. The number of aliphatic hydroxyl groups excluding tert-OH is 1. The number of aliphatic hydroxyl groups is 1. The number of aromatic nitrogens is 1. The monoisotopic (exact) mass is 303 g/mol. The minimum absolute atomic E-state index is 0.259. The number of hydrogen-bond donors (Lipinski definition) is 1. The molecule has 108 valence electrons. The van der Waals surface area contributed by atoms with E-state index in [1.165, 1.54) is 6.07 Å². The summed E-state index contributed by atoms with van der Waals surface area (Å²) in [5.74, 6) is -0.259. The van der Waals surface area contributed by atoms with Gasteiger partial charge in [-0.05, 0) is 19.1 Å². The predicted octanol–water partition coefficient (Wildman–Crippen LogP) is 4.54. The highest BCUT2D eigenvalue weighted by Gasteiger charge is 2.19. The summed E-state index contributed by atoms with van der Waals surface area (Å²) in [6.07, 6.45) is -0.677.